The summed E-state index contributed by atoms with van der Waals surface area (Å²) in [6, 6.07) is 17.3. The first-order valence-electron chi connectivity index (χ1n) is 11.4. The summed E-state index contributed by atoms with van der Waals surface area (Å²) in [5.41, 5.74) is 3.33. The minimum atomic E-state index is -1.26. The third-order valence-electron chi connectivity index (χ3n) is 7.40. The summed E-state index contributed by atoms with van der Waals surface area (Å²) in [5.74, 6) is -1.66. The predicted octanol–water partition coefficient (Wildman–Crippen LogP) is 3.95. The van der Waals surface area contributed by atoms with Crippen molar-refractivity contribution >= 4 is 34.9 Å². The Morgan fingerprint density at radius 3 is 2.62 bits per heavy atom. The molecule has 2 aromatic carbocycles. The van der Waals surface area contributed by atoms with Gasteiger partial charge in [0.15, 0.2) is 11.6 Å². The summed E-state index contributed by atoms with van der Waals surface area (Å²) in [4.78, 5) is 47.7. The van der Waals surface area contributed by atoms with Crippen molar-refractivity contribution in [1.82, 2.24) is 4.98 Å². The molecule has 1 N–H and O–H groups in total. The van der Waals surface area contributed by atoms with E-state index in [0.717, 1.165) is 22.4 Å². The van der Waals surface area contributed by atoms with Crippen molar-refractivity contribution in [2.75, 3.05) is 10.2 Å². The number of ketones is 2. The van der Waals surface area contributed by atoms with Gasteiger partial charge in [0.05, 0.1) is 18.0 Å². The normalized spacial score (nSPS) is 26.1. The lowest BCUT2D eigenvalue weighted by atomic mass is 9.64. The SMILES string of the molecule is CC(=O)C1C(C(=O)c2ccccn2)C2(C(=O)Nc3ccccc32)C2C=Cc3cc(C)ccc3N12. The summed E-state index contributed by atoms with van der Waals surface area (Å²) in [6.07, 6.45) is 5.54. The number of aromatic nitrogens is 1. The number of Topliss-reactive ketones (excluding diaryl/α,β-unsaturated/α-hetero) is 2. The molecule has 0 saturated carbocycles. The summed E-state index contributed by atoms with van der Waals surface area (Å²) >= 11 is 0. The molecule has 0 aliphatic carbocycles. The predicted molar refractivity (Wildman–Crippen MR) is 130 cm³/mol. The highest BCUT2D eigenvalue weighted by Crippen LogP contribution is 2.57. The van der Waals surface area contributed by atoms with Gasteiger partial charge in [-0.25, -0.2) is 0 Å². The number of carbonyl (C=O) groups is 3. The Morgan fingerprint density at radius 2 is 1.85 bits per heavy atom. The lowest BCUT2D eigenvalue weighted by molar-refractivity contribution is -0.122. The Labute approximate surface area is 197 Å². The number of benzene rings is 2. The molecule has 168 valence electrons. The Hall–Kier alpha value is -4.06. The number of aryl methyl sites for hydroxylation is 1. The molecule has 0 radical (unpaired) electrons. The van der Waals surface area contributed by atoms with Gasteiger partial charge in [-0.2, -0.15) is 0 Å². The molecule has 34 heavy (non-hydrogen) atoms. The summed E-state index contributed by atoms with van der Waals surface area (Å²) in [5, 5.41) is 3.01. The molecule has 6 nitrogen and oxygen atoms in total. The van der Waals surface area contributed by atoms with Crippen LogP contribution in [0.15, 0.2) is 72.9 Å². The van der Waals surface area contributed by atoms with Crippen LogP contribution >= 0.6 is 0 Å². The van der Waals surface area contributed by atoms with Gasteiger partial charge in [0.1, 0.15) is 11.1 Å². The first kappa shape index (κ1) is 20.5. The highest BCUT2D eigenvalue weighted by atomic mass is 16.2. The molecule has 1 amide bonds. The zero-order chi connectivity index (χ0) is 23.6. The van der Waals surface area contributed by atoms with Crippen LogP contribution in [-0.2, 0) is 15.0 Å². The standard InChI is InChI=1S/C28H23N3O3/c1-16-10-12-22-18(15-16)11-13-23-28(19-7-3-4-8-20(19)30-27(28)34)24(25(17(2)32)31(22)23)26(33)21-9-5-6-14-29-21/h3-15,23-25H,1-2H3,(H,30,34). The van der Waals surface area contributed by atoms with Crippen LogP contribution in [-0.4, -0.2) is 34.5 Å². The van der Waals surface area contributed by atoms with Crippen LogP contribution in [0.4, 0.5) is 11.4 Å². The number of nitrogens with zero attached hydrogens (tertiary/aromatic N) is 2. The van der Waals surface area contributed by atoms with E-state index in [2.05, 4.69) is 16.4 Å². The van der Waals surface area contributed by atoms with Crippen LogP contribution in [0.25, 0.3) is 6.08 Å². The highest BCUT2D eigenvalue weighted by Gasteiger charge is 2.70. The van der Waals surface area contributed by atoms with E-state index in [1.807, 2.05) is 60.4 Å². The second-order valence-electron chi connectivity index (χ2n) is 9.25. The summed E-state index contributed by atoms with van der Waals surface area (Å²) in [6.45, 7) is 3.52. The van der Waals surface area contributed by atoms with Gasteiger partial charge < -0.3 is 10.2 Å². The number of fused-ring (bicyclic) bond motifs is 6. The van der Waals surface area contributed by atoms with E-state index < -0.39 is 23.4 Å². The average Bonchev–Trinajstić information content (AvgIpc) is 3.32. The van der Waals surface area contributed by atoms with Gasteiger partial charge in [0.2, 0.25) is 5.91 Å². The lowest BCUT2D eigenvalue weighted by Crippen LogP contribution is -2.51. The molecule has 1 fully saturated rings. The molecule has 3 aliphatic heterocycles. The van der Waals surface area contributed by atoms with Crippen LogP contribution < -0.4 is 10.2 Å². The molecule has 4 heterocycles. The molecule has 6 heteroatoms. The maximum Gasteiger partial charge on any atom is 0.238 e. The van der Waals surface area contributed by atoms with Gasteiger partial charge in [-0.3, -0.25) is 19.4 Å². The van der Waals surface area contributed by atoms with Gasteiger partial charge in [-0.1, -0.05) is 48.0 Å². The third kappa shape index (κ3) is 2.56. The van der Waals surface area contributed by atoms with Crippen molar-refractivity contribution in [3.05, 3.63) is 95.3 Å². The zero-order valence-corrected chi connectivity index (χ0v) is 18.9. The Bertz CT molecular complexity index is 1400. The van der Waals surface area contributed by atoms with E-state index in [-0.39, 0.29) is 23.2 Å². The van der Waals surface area contributed by atoms with Crippen LogP contribution in [0.5, 0.6) is 0 Å². The fraction of sp³-hybridized carbons (Fsp3) is 0.214. The number of hydrogen-bond acceptors (Lipinski definition) is 5. The number of para-hydroxylation sites is 1. The van der Waals surface area contributed by atoms with Gasteiger partial charge >= 0.3 is 0 Å². The number of rotatable bonds is 3. The Morgan fingerprint density at radius 1 is 1.06 bits per heavy atom. The van der Waals surface area contributed by atoms with Crippen LogP contribution in [0, 0.1) is 12.8 Å². The van der Waals surface area contributed by atoms with Crippen molar-refractivity contribution in [3.63, 3.8) is 0 Å². The van der Waals surface area contributed by atoms with E-state index in [0.29, 0.717) is 5.69 Å². The molecule has 1 saturated heterocycles. The van der Waals surface area contributed by atoms with Crippen molar-refractivity contribution in [1.29, 1.82) is 0 Å². The number of anilines is 2. The average molecular weight is 450 g/mol. The zero-order valence-electron chi connectivity index (χ0n) is 18.9. The van der Waals surface area contributed by atoms with Crippen LogP contribution in [0.1, 0.15) is 34.1 Å². The second kappa shape index (κ2) is 7.22. The monoisotopic (exact) mass is 449 g/mol. The molecule has 4 unspecified atom stereocenters. The fourth-order valence-electron chi connectivity index (χ4n) is 6.12. The minimum Gasteiger partial charge on any atom is -0.352 e. The van der Waals surface area contributed by atoms with E-state index in [1.54, 1.807) is 24.4 Å². The van der Waals surface area contributed by atoms with E-state index in [1.165, 1.54) is 6.92 Å². The number of amides is 1. The highest BCUT2D eigenvalue weighted by molar-refractivity contribution is 6.16. The van der Waals surface area contributed by atoms with E-state index in [4.69, 9.17) is 0 Å². The van der Waals surface area contributed by atoms with E-state index >= 15 is 0 Å². The van der Waals surface area contributed by atoms with Crippen LogP contribution in [0.2, 0.25) is 0 Å². The Balaban J connectivity index is 1.67. The van der Waals surface area contributed by atoms with E-state index in [9.17, 15) is 14.4 Å². The molecule has 6 rings (SSSR count). The first-order chi connectivity index (χ1) is 16.4. The van der Waals surface area contributed by atoms with Crippen molar-refractivity contribution in [3.8, 4) is 0 Å². The number of hydrogen-bond donors (Lipinski definition) is 1. The molecule has 1 aromatic heterocycles. The maximum atomic E-state index is 14.1. The quantitative estimate of drug-likeness (QED) is 0.613. The molecular formula is C28H23N3O3. The van der Waals surface area contributed by atoms with Gasteiger partial charge in [0.25, 0.3) is 0 Å². The van der Waals surface area contributed by atoms with Gasteiger partial charge in [0, 0.05) is 17.6 Å². The van der Waals surface area contributed by atoms with Crippen molar-refractivity contribution in [2.24, 2.45) is 5.92 Å². The smallest absolute Gasteiger partial charge is 0.238 e. The molecular weight excluding hydrogens is 426 g/mol. The summed E-state index contributed by atoms with van der Waals surface area (Å²) < 4.78 is 0. The first-order valence-corrected chi connectivity index (χ1v) is 11.4. The van der Waals surface area contributed by atoms with Crippen molar-refractivity contribution in [2.45, 2.75) is 31.3 Å². The number of pyridine rings is 1. The second-order valence-corrected chi connectivity index (χ2v) is 9.25. The van der Waals surface area contributed by atoms with Gasteiger partial charge in [-0.05, 0) is 55.3 Å². The van der Waals surface area contributed by atoms with Gasteiger partial charge in [-0.15, -0.1) is 0 Å². The number of carbonyl (C=O) groups excluding carboxylic acids is 3. The topological polar surface area (TPSA) is 79.4 Å². The third-order valence-corrected chi connectivity index (χ3v) is 7.40. The lowest BCUT2D eigenvalue weighted by Gasteiger charge is -2.37. The minimum absolute atomic E-state index is 0.157. The largest absolute Gasteiger partial charge is 0.352 e. The molecule has 1 spiro atoms. The Kier molecular flexibility index (Phi) is 4.36. The summed E-state index contributed by atoms with van der Waals surface area (Å²) in [7, 11) is 0. The molecule has 4 atom stereocenters. The molecule has 3 aliphatic rings. The van der Waals surface area contributed by atoms with Crippen molar-refractivity contribution < 1.29 is 14.4 Å². The fourth-order valence-corrected chi connectivity index (χ4v) is 6.12. The number of nitrogens with one attached hydrogen (secondary N) is 1. The molecule has 3 aromatic rings. The van der Waals surface area contributed by atoms with Crippen LogP contribution in [0.3, 0.4) is 0 Å². The molecule has 0 bridgehead atoms. The maximum absolute atomic E-state index is 14.1.